The second-order valence-electron chi connectivity index (χ2n) is 4.72. The number of halogens is 2. The van der Waals surface area contributed by atoms with Crippen LogP contribution >= 0.6 is 35.3 Å². The average molecular weight is 317 g/mol. The Morgan fingerprint density at radius 1 is 1.21 bits per heavy atom. The van der Waals surface area contributed by atoms with Crippen molar-refractivity contribution in [1.82, 2.24) is 10.2 Å². The number of hydrogen-bond donors (Lipinski definition) is 1. The Labute approximate surface area is 129 Å². The molecule has 0 aliphatic carbocycles. The molecular weight excluding hydrogens is 299 g/mol. The maximum Gasteiger partial charge on any atom is 0.0637 e. The van der Waals surface area contributed by atoms with Crippen LogP contribution in [0.2, 0.25) is 5.02 Å². The van der Waals surface area contributed by atoms with Gasteiger partial charge < -0.3 is 5.32 Å². The summed E-state index contributed by atoms with van der Waals surface area (Å²) in [6, 6.07) is 8.40. The third-order valence-electron chi connectivity index (χ3n) is 3.40. The van der Waals surface area contributed by atoms with Gasteiger partial charge in [0.25, 0.3) is 0 Å². The van der Waals surface area contributed by atoms with Gasteiger partial charge in [-0.1, -0.05) is 29.8 Å². The van der Waals surface area contributed by atoms with Crippen LogP contribution in [0.5, 0.6) is 0 Å². The number of fused-ring (bicyclic) bond motifs is 1. The first-order valence-electron chi connectivity index (χ1n) is 6.43. The highest BCUT2D eigenvalue weighted by Crippen LogP contribution is 2.35. The molecule has 1 N–H and O–H groups in total. The molecule has 2 aromatic rings. The molecule has 1 aromatic heterocycles. The number of thiophene rings is 1. The van der Waals surface area contributed by atoms with Gasteiger partial charge >= 0.3 is 0 Å². The summed E-state index contributed by atoms with van der Waals surface area (Å²) in [7, 11) is 0. The molecule has 1 fully saturated rings. The Morgan fingerprint density at radius 2 is 2.05 bits per heavy atom. The molecular formula is C14H18Cl2N2S. The van der Waals surface area contributed by atoms with Crippen molar-refractivity contribution in [2.45, 2.75) is 13.0 Å². The summed E-state index contributed by atoms with van der Waals surface area (Å²) in [5.74, 6) is 0. The van der Waals surface area contributed by atoms with E-state index in [4.69, 9.17) is 11.6 Å². The van der Waals surface area contributed by atoms with E-state index in [1.165, 1.54) is 21.4 Å². The number of nitrogens with one attached hydrogen (secondary N) is 1. The summed E-state index contributed by atoms with van der Waals surface area (Å²) in [4.78, 5) is 3.80. The number of nitrogens with zero attached hydrogens (tertiary/aromatic N) is 1. The van der Waals surface area contributed by atoms with Gasteiger partial charge in [-0.25, -0.2) is 0 Å². The lowest BCUT2D eigenvalue weighted by molar-refractivity contribution is 0.287. The number of benzene rings is 1. The smallest absolute Gasteiger partial charge is 0.0637 e. The van der Waals surface area contributed by atoms with Crippen molar-refractivity contribution in [2.24, 2.45) is 0 Å². The largest absolute Gasteiger partial charge is 0.315 e. The van der Waals surface area contributed by atoms with Gasteiger partial charge in [0, 0.05) is 34.6 Å². The maximum atomic E-state index is 6.49. The first-order chi connectivity index (χ1) is 8.84. The van der Waals surface area contributed by atoms with Crippen LogP contribution in [-0.2, 0) is 6.54 Å². The lowest BCUT2D eigenvalue weighted by Crippen LogP contribution is -2.27. The Bertz CT molecular complexity index is 533. The van der Waals surface area contributed by atoms with Crippen LogP contribution in [-0.4, -0.2) is 31.1 Å². The van der Waals surface area contributed by atoms with Gasteiger partial charge in [-0.3, -0.25) is 4.90 Å². The molecule has 104 valence electrons. The zero-order valence-corrected chi connectivity index (χ0v) is 13.1. The number of rotatable bonds is 2. The van der Waals surface area contributed by atoms with Crippen LogP contribution in [0.15, 0.2) is 24.3 Å². The minimum Gasteiger partial charge on any atom is -0.315 e. The van der Waals surface area contributed by atoms with E-state index >= 15 is 0 Å². The quantitative estimate of drug-likeness (QED) is 0.907. The van der Waals surface area contributed by atoms with Crippen molar-refractivity contribution in [3.63, 3.8) is 0 Å². The van der Waals surface area contributed by atoms with Gasteiger partial charge in [0.1, 0.15) is 0 Å². The van der Waals surface area contributed by atoms with E-state index in [1.807, 2.05) is 11.3 Å². The van der Waals surface area contributed by atoms with Gasteiger partial charge in [-0.05, 0) is 25.6 Å². The summed E-state index contributed by atoms with van der Waals surface area (Å²) in [5.41, 5.74) is 0. The van der Waals surface area contributed by atoms with Crippen LogP contribution in [0.4, 0.5) is 0 Å². The first kappa shape index (κ1) is 15.1. The molecule has 0 saturated carbocycles. The van der Waals surface area contributed by atoms with E-state index in [1.54, 1.807) is 0 Å². The molecule has 3 rings (SSSR count). The normalized spacial score (nSPS) is 17.1. The topological polar surface area (TPSA) is 15.3 Å². The molecule has 2 heterocycles. The van der Waals surface area contributed by atoms with Crippen molar-refractivity contribution in [1.29, 1.82) is 0 Å². The molecule has 5 heteroatoms. The fourth-order valence-corrected chi connectivity index (χ4v) is 3.96. The summed E-state index contributed by atoms with van der Waals surface area (Å²) >= 11 is 8.32. The summed E-state index contributed by atoms with van der Waals surface area (Å²) in [5, 5.41) is 5.59. The fourth-order valence-electron chi connectivity index (χ4n) is 2.43. The van der Waals surface area contributed by atoms with Crippen LogP contribution in [0.3, 0.4) is 0 Å². The highest BCUT2D eigenvalue weighted by Gasteiger charge is 2.14. The zero-order chi connectivity index (χ0) is 12.4. The Morgan fingerprint density at radius 3 is 2.89 bits per heavy atom. The molecule has 0 amide bonds. The molecule has 1 aromatic carbocycles. The lowest BCUT2D eigenvalue weighted by atomic mass is 10.2. The predicted molar refractivity (Wildman–Crippen MR) is 86.8 cm³/mol. The van der Waals surface area contributed by atoms with E-state index in [0.717, 1.165) is 37.7 Å². The van der Waals surface area contributed by atoms with Gasteiger partial charge in [0.05, 0.1) is 5.02 Å². The van der Waals surface area contributed by atoms with Crippen LogP contribution in [0.25, 0.3) is 10.1 Å². The van der Waals surface area contributed by atoms with E-state index in [0.29, 0.717) is 0 Å². The minimum atomic E-state index is 0. The van der Waals surface area contributed by atoms with Crippen LogP contribution in [0.1, 0.15) is 11.3 Å². The SMILES string of the molecule is Cl.Clc1c(CN2CCCNCC2)sc2ccccc12. The van der Waals surface area contributed by atoms with Crippen molar-refractivity contribution < 1.29 is 0 Å². The summed E-state index contributed by atoms with van der Waals surface area (Å²) in [6.07, 6.45) is 1.22. The maximum absolute atomic E-state index is 6.49. The Kier molecular flexibility index (Phi) is 5.48. The molecule has 19 heavy (non-hydrogen) atoms. The first-order valence-corrected chi connectivity index (χ1v) is 7.63. The monoisotopic (exact) mass is 316 g/mol. The number of hydrogen-bond acceptors (Lipinski definition) is 3. The molecule has 0 atom stereocenters. The van der Waals surface area contributed by atoms with Gasteiger partial charge in [0.2, 0.25) is 0 Å². The molecule has 0 radical (unpaired) electrons. The molecule has 1 aliphatic heterocycles. The third-order valence-corrected chi connectivity index (χ3v) is 5.10. The predicted octanol–water partition coefficient (Wildman–Crippen LogP) is 3.77. The molecule has 1 aliphatic rings. The molecule has 2 nitrogen and oxygen atoms in total. The van der Waals surface area contributed by atoms with Crippen molar-refractivity contribution in [3.05, 3.63) is 34.2 Å². The minimum absolute atomic E-state index is 0. The van der Waals surface area contributed by atoms with E-state index in [2.05, 4.69) is 34.5 Å². The molecule has 0 unspecified atom stereocenters. The van der Waals surface area contributed by atoms with Gasteiger partial charge in [0.15, 0.2) is 0 Å². The summed E-state index contributed by atoms with van der Waals surface area (Å²) in [6.45, 7) is 5.49. The highest BCUT2D eigenvalue weighted by atomic mass is 35.5. The average Bonchev–Trinajstić information content (AvgIpc) is 2.58. The van der Waals surface area contributed by atoms with Gasteiger partial charge in [-0.15, -0.1) is 23.7 Å². The van der Waals surface area contributed by atoms with E-state index < -0.39 is 0 Å². The standard InChI is InChI=1S/C14H17ClN2S.ClH/c15-14-11-4-1-2-5-12(11)18-13(14)10-17-8-3-6-16-7-9-17;/h1-2,4-5,16H,3,6-10H2;1H. The zero-order valence-electron chi connectivity index (χ0n) is 10.7. The second kappa shape index (κ2) is 6.91. The van der Waals surface area contributed by atoms with Crippen molar-refractivity contribution >= 4 is 45.4 Å². The van der Waals surface area contributed by atoms with Crippen LogP contribution in [0, 0.1) is 0 Å². The van der Waals surface area contributed by atoms with E-state index in [-0.39, 0.29) is 12.4 Å². The highest BCUT2D eigenvalue weighted by molar-refractivity contribution is 7.19. The Hall–Kier alpha value is -0.320. The second-order valence-corrected chi connectivity index (χ2v) is 6.23. The van der Waals surface area contributed by atoms with Crippen molar-refractivity contribution in [2.75, 3.05) is 26.2 Å². The molecule has 0 spiro atoms. The third kappa shape index (κ3) is 3.41. The summed E-state index contributed by atoms with van der Waals surface area (Å²) < 4.78 is 1.30. The Balaban J connectivity index is 0.00000133. The van der Waals surface area contributed by atoms with Crippen molar-refractivity contribution in [3.8, 4) is 0 Å². The van der Waals surface area contributed by atoms with E-state index in [9.17, 15) is 0 Å². The lowest BCUT2D eigenvalue weighted by Gasteiger charge is -2.18. The van der Waals surface area contributed by atoms with Crippen LogP contribution < -0.4 is 5.32 Å². The fraction of sp³-hybridized carbons (Fsp3) is 0.429. The molecule has 0 bridgehead atoms. The van der Waals surface area contributed by atoms with Gasteiger partial charge in [-0.2, -0.15) is 0 Å². The molecule has 1 saturated heterocycles.